The molecule has 118 valence electrons. The van der Waals surface area contributed by atoms with E-state index in [-0.39, 0.29) is 0 Å². The Balaban J connectivity index is 1.58. The molecule has 21 heavy (non-hydrogen) atoms. The molecule has 2 aliphatic rings. The Morgan fingerprint density at radius 3 is 2.67 bits per heavy atom. The molecule has 2 aliphatic carbocycles. The minimum Gasteiger partial charge on any atom is -0.317 e. The third-order valence-electron chi connectivity index (χ3n) is 5.55. The average Bonchev–Trinajstić information content (AvgIpc) is 2.87. The van der Waals surface area contributed by atoms with Crippen LogP contribution in [-0.2, 0) is 6.42 Å². The zero-order valence-electron chi connectivity index (χ0n) is 13.6. The maximum Gasteiger partial charge on any atom is 0.0627 e. The van der Waals surface area contributed by atoms with E-state index in [1.807, 2.05) is 0 Å². The van der Waals surface area contributed by atoms with Crippen LogP contribution in [0.3, 0.4) is 0 Å². The van der Waals surface area contributed by atoms with Gasteiger partial charge in [0.05, 0.1) is 11.7 Å². The van der Waals surface area contributed by atoms with E-state index in [1.165, 1.54) is 76.3 Å². The highest BCUT2D eigenvalue weighted by Gasteiger charge is 2.21. The highest BCUT2D eigenvalue weighted by atomic mass is 15.3. The van der Waals surface area contributed by atoms with Crippen LogP contribution >= 0.6 is 0 Å². The van der Waals surface area contributed by atoms with E-state index < -0.39 is 0 Å². The molecule has 2 atom stereocenters. The van der Waals surface area contributed by atoms with Gasteiger partial charge in [0.1, 0.15) is 0 Å². The van der Waals surface area contributed by atoms with Crippen molar-refractivity contribution in [2.75, 3.05) is 7.05 Å². The Morgan fingerprint density at radius 2 is 1.86 bits per heavy atom. The monoisotopic (exact) mass is 289 g/mol. The van der Waals surface area contributed by atoms with Crippen LogP contribution in [-0.4, -0.2) is 22.9 Å². The van der Waals surface area contributed by atoms with Gasteiger partial charge in [-0.1, -0.05) is 38.5 Å². The molecule has 0 aromatic carbocycles. The summed E-state index contributed by atoms with van der Waals surface area (Å²) in [6.45, 7) is 0. The van der Waals surface area contributed by atoms with Crippen molar-refractivity contribution >= 4 is 0 Å². The van der Waals surface area contributed by atoms with E-state index in [2.05, 4.69) is 29.3 Å². The Bertz CT molecular complexity index is 420. The fraction of sp³-hybridized carbons (Fsp3) is 0.833. The summed E-state index contributed by atoms with van der Waals surface area (Å²) >= 11 is 0. The zero-order chi connectivity index (χ0) is 14.5. The molecule has 0 saturated heterocycles. The maximum atomic E-state index is 4.91. The van der Waals surface area contributed by atoms with E-state index in [0.29, 0.717) is 6.04 Å². The van der Waals surface area contributed by atoms with E-state index in [9.17, 15) is 0 Å². The number of nitrogens with one attached hydrogen (secondary N) is 1. The summed E-state index contributed by atoms with van der Waals surface area (Å²) in [7, 11) is 2.12. The molecule has 2 saturated carbocycles. The van der Waals surface area contributed by atoms with Crippen molar-refractivity contribution < 1.29 is 0 Å². The van der Waals surface area contributed by atoms with Crippen LogP contribution in [0.25, 0.3) is 0 Å². The molecule has 0 spiro atoms. The molecule has 0 amide bonds. The summed E-state index contributed by atoms with van der Waals surface area (Å²) in [5, 5.41) is 8.40. The van der Waals surface area contributed by atoms with Crippen molar-refractivity contribution in [3.8, 4) is 0 Å². The fourth-order valence-electron chi connectivity index (χ4n) is 4.24. The first kappa shape index (κ1) is 15.1. The van der Waals surface area contributed by atoms with Crippen LogP contribution in [0.4, 0.5) is 0 Å². The summed E-state index contributed by atoms with van der Waals surface area (Å²) in [5.74, 6) is 0.819. The molecule has 1 N–H and O–H groups in total. The van der Waals surface area contributed by atoms with Crippen LogP contribution in [0.2, 0.25) is 0 Å². The lowest BCUT2D eigenvalue weighted by Gasteiger charge is -2.22. The van der Waals surface area contributed by atoms with Crippen molar-refractivity contribution in [2.24, 2.45) is 5.92 Å². The predicted molar refractivity (Wildman–Crippen MR) is 87.5 cm³/mol. The number of rotatable bonds is 4. The molecule has 0 aliphatic heterocycles. The van der Waals surface area contributed by atoms with Gasteiger partial charge in [-0.3, -0.25) is 4.68 Å². The standard InChI is InChI=1S/C18H31N3/c1-19-16-8-6-5-7-15(13-16)14-17-11-12-21(20-17)18-9-3-2-4-10-18/h11-12,15-16,18-19H,2-10,13-14H2,1H3. The first-order valence-electron chi connectivity index (χ1n) is 9.06. The summed E-state index contributed by atoms with van der Waals surface area (Å²) in [6, 6.07) is 3.66. The maximum absolute atomic E-state index is 4.91. The topological polar surface area (TPSA) is 29.9 Å². The normalized spacial score (nSPS) is 28.4. The summed E-state index contributed by atoms with van der Waals surface area (Å²) < 4.78 is 2.26. The number of aromatic nitrogens is 2. The van der Waals surface area contributed by atoms with E-state index in [4.69, 9.17) is 5.10 Å². The molecule has 1 heterocycles. The molecular weight excluding hydrogens is 258 g/mol. The van der Waals surface area contributed by atoms with Crippen molar-refractivity contribution in [3.05, 3.63) is 18.0 Å². The molecule has 3 rings (SSSR count). The molecule has 1 aromatic heterocycles. The van der Waals surface area contributed by atoms with Crippen LogP contribution in [0, 0.1) is 5.92 Å². The van der Waals surface area contributed by atoms with Gasteiger partial charge in [-0.15, -0.1) is 0 Å². The second kappa shape index (κ2) is 7.44. The van der Waals surface area contributed by atoms with E-state index in [0.717, 1.165) is 12.0 Å². The minimum absolute atomic E-state index is 0.673. The van der Waals surface area contributed by atoms with Gasteiger partial charge in [0.25, 0.3) is 0 Å². The van der Waals surface area contributed by atoms with Gasteiger partial charge in [-0.05, 0) is 51.1 Å². The predicted octanol–water partition coefficient (Wildman–Crippen LogP) is 4.10. The molecule has 0 radical (unpaired) electrons. The SMILES string of the molecule is CNC1CCCCC(Cc2ccn(C3CCCCC3)n2)C1. The lowest BCUT2D eigenvalue weighted by molar-refractivity contribution is 0.326. The van der Waals surface area contributed by atoms with Gasteiger partial charge in [0.15, 0.2) is 0 Å². The first-order valence-corrected chi connectivity index (χ1v) is 9.06. The highest BCUT2D eigenvalue weighted by Crippen LogP contribution is 2.29. The summed E-state index contributed by atoms with van der Waals surface area (Å²) in [4.78, 5) is 0. The Morgan fingerprint density at radius 1 is 1.10 bits per heavy atom. The number of hydrogen-bond acceptors (Lipinski definition) is 2. The first-order chi connectivity index (χ1) is 10.3. The number of hydrogen-bond donors (Lipinski definition) is 1. The molecule has 0 bridgehead atoms. The van der Waals surface area contributed by atoms with Crippen LogP contribution < -0.4 is 5.32 Å². The van der Waals surface area contributed by atoms with Gasteiger partial charge in [0.2, 0.25) is 0 Å². The van der Waals surface area contributed by atoms with Gasteiger partial charge < -0.3 is 5.32 Å². The summed E-state index contributed by atoms with van der Waals surface area (Å²) in [6.07, 6.45) is 17.1. The van der Waals surface area contributed by atoms with Gasteiger partial charge in [-0.2, -0.15) is 5.10 Å². The average molecular weight is 289 g/mol. The van der Waals surface area contributed by atoms with Gasteiger partial charge >= 0.3 is 0 Å². The molecule has 3 nitrogen and oxygen atoms in total. The zero-order valence-corrected chi connectivity index (χ0v) is 13.6. The Hall–Kier alpha value is -0.830. The quantitative estimate of drug-likeness (QED) is 0.846. The van der Waals surface area contributed by atoms with Crippen molar-refractivity contribution in [3.63, 3.8) is 0 Å². The molecular formula is C18H31N3. The molecule has 1 aromatic rings. The van der Waals surface area contributed by atoms with Crippen molar-refractivity contribution in [2.45, 2.75) is 82.7 Å². The largest absolute Gasteiger partial charge is 0.317 e. The number of nitrogens with zero attached hydrogens (tertiary/aromatic N) is 2. The van der Waals surface area contributed by atoms with Gasteiger partial charge in [-0.25, -0.2) is 0 Å². The van der Waals surface area contributed by atoms with Crippen LogP contribution in [0.1, 0.15) is 75.9 Å². The third kappa shape index (κ3) is 4.09. The lowest BCUT2D eigenvalue weighted by atomic mass is 9.93. The van der Waals surface area contributed by atoms with Crippen LogP contribution in [0.15, 0.2) is 12.3 Å². The Labute approximate surface area is 129 Å². The lowest BCUT2D eigenvalue weighted by Crippen LogP contribution is -2.27. The Kier molecular flexibility index (Phi) is 5.34. The van der Waals surface area contributed by atoms with E-state index >= 15 is 0 Å². The minimum atomic E-state index is 0.673. The van der Waals surface area contributed by atoms with Crippen LogP contribution in [0.5, 0.6) is 0 Å². The summed E-state index contributed by atoms with van der Waals surface area (Å²) in [5.41, 5.74) is 1.32. The second-order valence-corrected chi connectivity index (χ2v) is 7.15. The van der Waals surface area contributed by atoms with Crippen molar-refractivity contribution in [1.29, 1.82) is 0 Å². The fourth-order valence-corrected chi connectivity index (χ4v) is 4.24. The molecule has 3 heteroatoms. The highest BCUT2D eigenvalue weighted by molar-refractivity contribution is 5.02. The third-order valence-corrected chi connectivity index (χ3v) is 5.55. The molecule has 2 unspecified atom stereocenters. The van der Waals surface area contributed by atoms with Crippen molar-refractivity contribution in [1.82, 2.24) is 15.1 Å². The molecule has 2 fully saturated rings. The smallest absolute Gasteiger partial charge is 0.0627 e. The van der Waals surface area contributed by atoms with E-state index in [1.54, 1.807) is 0 Å². The second-order valence-electron chi connectivity index (χ2n) is 7.15. The van der Waals surface area contributed by atoms with Gasteiger partial charge in [0, 0.05) is 12.2 Å².